The van der Waals surface area contributed by atoms with Crippen LogP contribution in [0.25, 0.3) is 11.0 Å². The highest BCUT2D eigenvalue weighted by Gasteiger charge is 2.16. The van der Waals surface area contributed by atoms with E-state index in [2.05, 4.69) is 56.0 Å². The molecule has 3 aromatic heterocycles. The number of aryl methyl sites for hydroxylation is 1. The summed E-state index contributed by atoms with van der Waals surface area (Å²) in [6.45, 7) is 7.43. The maximum atomic E-state index is 13.1. The molecule has 170 valence electrons. The second kappa shape index (κ2) is 9.82. The lowest BCUT2D eigenvalue weighted by Crippen LogP contribution is -2.35. The average Bonchev–Trinajstić information content (AvgIpc) is 3.48. The molecule has 0 saturated carbocycles. The summed E-state index contributed by atoms with van der Waals surface area (Å²) in [7, 11) is 0. The second-order valence-corrected chi connectivity index (χ2v) is 9.35. The summed E-state index contributed by atoms with van der Waals surface area (Å²) in [6, 6.07) is 14.4. The average molecular weight is 462 g/mol. The Morgan fingerprint density at radius 1 is 1.12 bits per heavy atom. The lowest BCUT2D eigenvalue weighted by atomic mass is 10.1. The SMILES string of the molecule is Cc1cc(C(=O)NCc2cccc(CN3CCOCC3)c2)c2cnn(Cc3cccs3)c2n1. The number of amides is 1. The highest BCUT2D eigenvalue weighted by molar-refractivity contribution is 7.09. The number of aromatic nitrogens is 3. The molecule has 0 aliphatic carbocycles. The fourth-order valence-corrected chi connectivity index (χ4v) is 4.85. The Labute approximate surface area is 197 Å². The van der Waals surface area contributed by atoms with Crippen LogP contribution in [-0.4, -0.2) is 51.9 Å². The van der Waals surface area contributed by atoms with Crippen LogP contribution in [0.4, 0.5) is 0 Å². The van der Waals surface area contributed by atoms with Gasteiger partial charge in [0.2, 0.25) is 0 Å². The summed E-state index contributed by atoms with van der Waals surface area (Å²) in [5.41, 5.74) is 4.48. The van der Waals surface area contributed by atoms with Crippen molar-refractivity contribution in [2.24, 2.45) is 0 Å². The fraction of sp³-hybridized carbons (Fsp3) is 0.320. The number of benzene rings is 1. The molecule has 1 amide bonds. The minimum atomic E-state index is -0.111. The van der Waals surface area contributed by atoms with Crippen molar-refractivity contribution in [3.05, 3.63) is 81.3 Å². The molecule has 7 nitrogen and oxygen atoms in total. The van der Waals surface area contributed by atoms with E-state index in [9.17, 15) is 4.79 Å². The third-order valence-electron chi connectivity index (χ3n) is 5.82. The molecule has 4 aromatic rings. The molecule has 33 heavy (non-hydrogen) atoms. The van der Waals surface area contributed by atoms with E-state index < -0.39 is 0 Å². The Kier molecular flexibility index (Phi) is 6.48. The standard InChI is InChI=1S/C25H27N5O2S/c1-18-12-22(23-15-27-30(24(23)28-18)17-21-6-3-11-33-21)25(31)26-14-19-4-2-5-20(13-19)16-29-7-9-32-10-8-29/h2-6,11-13,15H,7-10,14,16-17H2,1H3,(H,26,31). The third-order valence-corrected chi connectivity index (χ3v) is 6.68. The Balaban J connectivity index is 1.29. The summed E-state index contributed by atoms with van der Waals surface area (Å²) in [6.07, 6.45) is 1.74. The minimum Gasteiger partial charge on any atom is -0.379 e. The van der Waals surface area contributed by atoms with Gasteiger partial charge in [0.1, 0.15) is 0 Å². The van der Waals surface area contributed by atoms with Crippen molar-refractivity contribution in [3.63, 3.8) is 0 Å². The number of thiophene rings is 1. The largest absolute Gasteiger partial charge is 0.379 e. The van der Waals surface area contributed by atoms with E-state index in [0.29, 0.717) is 18.7 Å². The van der Waals surface area contributed by atoms with E-state index in [-0.39, 0.29) is 5.91 Å². The molecular formula is C25H27N5O2S. The molecule has 1 N–H and O–H groups in total. The van der Waals surface area contributed by atoms with Crippen LogP contribution in [0.1, 0.15) is 32.1 Å². The number of rotatable bonds is 7. The molecule has 1 saturated heterocycles. The molecule has 0 bridgehead atoms. The van der Waals surface area contributed by atoms with Crippen LogP contribution >= 0.6 is 11.3 Å². The Morgan fingerprint density at radius 3 is 2.79 bits per heavy atom. The van der Waals surface area contributed by atoms with E-state index in [4.69, 9.17) is 4.74 Å². The Bertz CT molecular complexity index is 1250. The highest BCUT2D eigenvalue weighted by atomic mass is 32.1. The molecule has 0 unspecified atom stereocenters. The molecule has 0 spiro atoms. The second-order valence-electron chi connectivity index (χ2n) is 8.32. The van der Waals surface area contributed by atoms with Gasteiger partial charge in [-0.1, -0.05) is 30.3 Å². The van der Waals surface area contributed by atoms with Crippen LogP contribution in [0, 0.1) is 6.92 Å². The summed E-state index contributed by atoms with van der Waals surface area (Å²) in [4.78, 5) is 21.4. The van der Waals surface area contributed by atoms with Crippen molar-refractivity contribution < 1.29 is 9.53 Å². The number of hydrogen-bond donors (Lipinski definition) is 1. The van der Waals surface area contributed by atoms with Gasteiger partial charge in [-0.25, -0.2) is 9.67 Å². The zero-order chi connectivity index (χ0) is 22.6. The first-order chi connectivity index (χ1) is 16.2. The van der Waals surface area contributed by atoms with Gasteiger partial charge in [-0.05, 0) is 35.6 Å². The van der Waals surface area contributed by atoms with E-state index in [1.54, 1.807) is 17.5 Å². The van der Waals surface area contributed by atoms with E-state index in [0.717, 1.165) is 55.1 Å². The minimum absolute atomic E-state index is 0.111. The highest BCUT2D eigenvalue weighted by Crippen LogP contribution is 2.21. The topological polar surface area (TPSA) is 72.3 Å². The van der Waals surface area contributed by atoms with E-state index in [1.165, 1.54) is 10.4 Å². The first kappa shape index (κ1) is 21.8. The lowest BCUT2D eigenvalue weighted by Gasteiger charge is -2.26. The van der Waals surface area contributed by atoms with Crippen LogP contribution in [-0.2, 0) is 24.4 Å². The monoisotopic (exact) mass is 461 g/mol. The molecule has 1 fully saturated rings. The van der Waals surface area contributed by atoms with E-state index in [1.807, 2.05) is 23.7 Å². The number of morpholine rings is 1. The number of fused-ring (bicyclic) bond motifs is 1. The van der Waals surface area contributed by atoms with Gasteiger partial charge in [-0.15, -0.1) is 11.3 Å². The third kappa shape index (κ3) is 5.13. The van der Waals surface area contributed by atoms with Crippen LogP contribution in [0.5, 0.6) is 0 Å². The molecule has 0 atom stereocenters. The molecule has 4 heterocycles. The summed E-state index contributed by atoms with van der Waals surface area (Å²) in [5, 5.41) is 10.4. The van der Waals surface area contributed by atoms with Crippen molar-refractivity contribution in [2.45, 2.75) is 26.6 Å². The van der Waals surface area contributed by atoms with Gasteiger partial charge in [0.25, 0.3) is 5.91 Å². The van der Waals surface area contributed by atoms with Crippen molar-refractivity contribution >= 4 is 28.3 Å². The van der Waals surface area contributed by atoms with Crippen molar-refractivity contribution in [1.29, 1.82) is 0 Å². The van der Waals surface area contributed by atoms with Gasteiger partial charge in [0.15, 0.2) is 5.65 Å². The number of carbonyl (C=O) groups is 1. The molecule has 5 rings (SSSR count). The van der Waals surface area contributed by atoms with Gasteiger partial charge < -0.3 is 10.1 Å². The first-order valence-corrected chi connectivity index (χ1v) is 12.1. The maximum absolute atomic E-state index is 13.1. The van der Waals surface area contributed by atoms with Gasteiger partial charge in [-0.3, -0.25) is 9.69 Å². The molecule has 1 aliphatic rings. The molecule has 1 aliphatic heterocycles. The van der Waals surface area contributed by atoms with Crippen molar-refractivity contribution in [1.82, 2.24) is 25.0 Å². The molecular weight excluding hydrogens is 434 g/mol. The summed E-state index contributed by atoms with van der Waals surface area (Å²) >= 11 is 1.68. The van der Waals surface area contributed by atoms with E-state index >= 15 is 0 Å². The number of carbonyl (C=O) groups excluding carboxylic acids is 1. The zero-order valence-electron chi connectivity index (χ0n) is 18.7. The van der Waals surface area contributed by atoms with Crippen LogP contribution < -0.4 is 5.32 Å². The van der Waals surface area contributed by atoms with Gasteiger partial charge in [-0.2, -0.15) is 5.10 Å². The number of hydrogen-bond acceptors (Lipinski definition) is 6. The van der Waals surface area contributed by atoms with Crippen molar-refractivity contribution in [2.75, 3.05) is 26.3 Å². The van der Waals surface area contributed by atoms with Gasteiger partial charge >= 0.3 is 0 Å². The normalized spacial score (nSPS) is 14.6. The quantitative estimate of drug-likeness (QED) is 0.455. The Morgan fingerprint density at radius 2 is 1.97 bits per heavy atom. The number of ether oxygens (including phenoxy) is 1. The van der Waals surface area contributed by atoms with Crippen LogP contribution in [0.3, 0.4) is 0 Å². The predicted molar refractivity (Wildman–Crippen MR) is 129 cm³/mol. The number of nitrogens with zero attached hydrogens (tertiary/aromatic N) is 4. The predicted octanol–water partition coefficient (Wildman–Crippen LogP) is 3.61. The van der Waals surface area contributed by atoms with Gasteiger partial charge in [0, 0.05) is 36.8 Å². The van der Waals surface area contributed by atoms with Crippen LogP contribution in [0.15, 0.2) is 54.0 Å². The van der Waals surface area contributed by atoms with Crippen LogP contribution in [0.2, 0.25) is 0 Å². The number of pyridine rings is 1. The molecule has 0 radical (unpaired) electrons. The summed E-state index contributed by atoms with van der Waals surface area (Å²) < 4.78 is 7.30. The van der Waals surface area contributed by atoms with Gasteiger partial charge in [0.05, 0.1) is 36.9 Å². The Hall–Kier alpha value is -3.07. The first-order valence-electron chi connectivity index (χ1n) is 11.2. The zero-order valence-corrected chi connectivity index (χ0v) is 19.5. The summed E-state index contributed by atoms with van der Waals surface area (Å²) in [5.74, 6) is -0.111. The lowest BCUT2D eigenvalue weighted by molar-refractivity contribution is 0.0342. The van der Waals surface area contributed by atoms with Crippen molar-refractivity contribution in [3.8, 4) is 0 Å². The smallest absolute Gasteiger partial charge is 0.252 e. The fourth-order valence-electron chi connectivity index (χ4n) is 4.16. The molecule has 8 heteroatoms. The molecule has 1 aromatic carbocycles. The number of nitrogens with one attached hydrogen (secondary N) is 1. The maximum Gasteiger partial charge on any atom is 0.252 e.